The largest absolute Gasteiger partial charge is 0.327 e. The number of nitrogens with zero attached hydrogens (tertiary/aromatic N) is 3. The van der Waals surface area contributed by atoms with Gasteiger partial charge >= 0.3 is 6.03 Å². The summed E-state index contributed by atoms with van der Waals surface area (Å²) in [7, 11) is 0. The molecule has 8 heteroatoms. The molecule has 0 aromatic rings. The Morgan fingerprint density at radius 1 is 1.04 bits per heavy atom. The van der Waals surface area contributed by atoms with Crippen LogP contribution in [0.4, 0.5) is 4.79 Å². The van der Waals surface area contributed by atoms with Gasteiger partial charge in [0.15, 0.2) is 0 Å². The first-order chi connectivity index (χ1) is 11.6. The molecule has 0 aliphatic heterocycles. The Morgan fingerprint density at radius 3 is 2.12 bits per heavy atom. The van der Waals surface area contributed by atoms with Crippen molar-refractivity contribution in [1.29, 1.82) is 0 Å². The summed E-state index contributed by atoms with van der Waals surface area (Å²) in [6, 6.07) is -0.744. The van der Waals surface area contributed by atoms with Crippen molar-refractivity contribution in [1.82, 2.24) is 10.2 Å². The molecule has 0 radical (unpaired) electrons. The number of aliphatic imine (C=N–C) groups is 2. The van der Waals surface area contributed by atoms with Crippen LogP contribution in [0.25, 0.3) is 0 Å². The SMILES string of the molecule is CCCCCC(N=C=O)NC(=O)N(C=O)C(CCCCC)N=C=O. The first-order valence-corrected chi connectivity index (χ1v) is 8.32. The molecule has 0 aliphatic rings. The molecule has 8 nitrogen and oxygen atoms in total. The van der Waals surface area contributed by atoms with Gasteiger partial charge in [-0.15, -0.1) is 0 Å². The number of imide groups is 1. The highest BCUT2D eigenvalue weighted by atomic mass is 16.2. The molecule has 0 saturated heterocycles. The van der Waals surface area contributed by atoms with E-state index in [-0.39, 0.29) is 0 Å². The summed E-state index contributed by atoms with van der Waals surface area (Å²) >= 11 is 0. The maximum Gasteiger partial charge on any atom is 0.327 e. The normalized spacial score (nSPS) is 12.2. The minimum Gasteiger partial charge on any atom is -0.315 e. The van der Waals surface area contributed by atoms with E-state index in [4.69, 9.17) is 0 Å². The smallest absolute Gasteiger partial charge is 0.315 e. The zero-order chi connectivity index (χ0) is 18.2. The zero-order valence-electron chi connectivity index (χ0n) is 14.4. The summed E-state index contributed by atoms with van der Waals surface area (Å²) in [6.07, 6.45) is 7.61. The number of carbonyl (C=O) groups excluding carboxylic acids is 4. The molecular weight excluding hydrogens is 312 g/mol. The molecule has 0 fully saturated rings. The Kier molecular flexibility index (Phi) is 12.9. The fraction of sp³-hybridized carbons (Fsp3) is 0.750. The van der Waals surface area contributed by atoms with Gasteiger partial charge in [0.2, 0.25) is 18.6 Å². The molecule has 2 unspecified atom stereocenters. The summed E-state index contributed by atoms with van der Waals surface area (Å²) in [6.45, 7) is 4.05. The van der Waals surface area contributed by atoms with Crippen molar-refractivity contribution in [2.24, 2.45) is 9.98 Å². The van der Waals surface area contributed by atoms with E-state index in [0.717, 1.165) is 43.4 Å². The number of carbonyl (C=O) groups is 2. The summed E-state index contributed by atoms with van der Waals surface area (Å²) in [5.41, 5.74) is 0. The van der Waals surface area contributed by atoms with E-state index in [9.17, 15) is 19.2 Å². The molecule has 0 heterocycles. The van der Waals surface area contributed by atoms with Crippen LogP contribution in [0.5, 0.6) is 0 Å². The lowest BCUT2D eigenvalue weighted by atomic mass is 10.1. The van der Waals surface area contributed by atoms with Crippen molar-refractivity contribution in [3.05, 3.63) is 0 Å². The van der Waals surface area contributed by atoms with Crippen molar-refractivity contribution in [2.75, 3.05) is 0 Å². The molecular formula is C16H26N4O4. The van der Waals surface area contributed by atoms with Crippen LogP contribution in [0, 0.1) is 0 Å². The van der Waals surface area contributed by atoms with Gasteiger partial charge in [0.25, 0.3) is 0 Å². The summed E-state index contributed by atoms with van der Waals surface area (Å²) in [5, 5.41) is 2.49. The second-order valence-corrected chi connectivity index (χ2v) is 5.39. The second kappa shape index (κ2) is 14.3. The molecule has 2 atom stereocenters. The standard InChI is InChI=1S/C16H26N4O4/c1-3-5-7-9-14(17-11-21)19-16(24)20(13-23)15(18-12-22)10-8-6-4-2/h13-15H,3-10H2,1-2H3,(H,19,24). The van der Waals surface area contributed by atoms with E-state index >= 15 is 0 Å². The third kappa shape index (κ3) is 8.98. The molecule has 0 bridgehead atoms. The number of hydrogen-bond donors (Lipinski definition) is 1. The van der Waals surface area contributed by atoms with Crippen LogP contribution in [0.1, 0.15) is 65.2 Å². The lowest BCUT2D eigenvalue weighted by molar-refractivity contribution is -0.117. The van der Waals surface area contributed by atoms with Crippen LogP contribution in [0.3, 0.4) is 0 Å². The Morgan fingerprint density at radius 2 is 1.62 bits per heavy atom. The minimum atomic E-state index is -0.900. The maximum absolute atomic E-state index is 12.2. The van der Waals surface area contributed by atoms with E-state index in [1.165, 1.54) is 12.2 Å². The number of rotatable bonds is 13. The second-order valence-electron chi connectivity index (χ2n) is 5.39. The van der Waals surface area contributed by atoms with Gasteiger partial charge in [0, 0.05) is 0 Å². The molecule has 3 amide bonds. The zero-order valence-corrected chi connectivity index (χ0v) is 14.4. The fourth-order valence-electron chi connectivity index (χ4n) is 2.19. The molecule has 0 rings (SSSR count). The number of amides is 3. The van der Waals surface area contributed by atoms with E-state index in [2.05, 4.69) is 15.3 Å². The maximum atomic E-state index is 12.2. The average molecular weight is 338 g/mol. The third-order valence-electron chi connectivity index (χ3n) is 3.52. The van der Waals surface area contributed by atoms with E-state index in [1.807, 2.05) is 13.8 Å². The summed E-state index contributed by atoms with van der Waals surface area (Å²) < 4.78 is 0. The van der Waals surface area contributed by atoms with Crippen molar-refractivity contribution in [3.8, 4) is 0 Å². The van der Waals surface area contributed by atoms with Crippen molar-refractivity contribution in [3.63, 3.8) is 0 Å². The molecule has 0 aromatic heterocycles. The molecule has 24 heavy (non-hydrogen) atoms. The Balaban J connectivity index is 4.89. The van der Waals surface area contributed by atoms with Crippen molar-refractivity contribution < 1.29 is 19.2 Å². The number of urea groups is 1. The summed E-state index contributed by atoms with van der Waals surface area (Å²) in [5.74, 6) is 0. The number of nitrogens with one attached hydrogen (secondary N) is 1. The predicted octanol–water partition coefficient (Wildman–Crippen LogP) is 2.64. The first kappa shape index (κ1) is 21.7. The van der Waals surface area contributed by atoms with Crippen LogP contribution in [-0.2, 0) is 14.4 Å². The molecule has 0 aliphatic carbocycles. The monoisotopic (exact) mass is 338 g/mol. The Hall–Kier alpha value is -2.30. The van der Waals surface area contributed by atoms with Crippen LogP contribution in [0.15, 0.2) is 9.98 Å². The fourth-order valence-corrected chi connectivity index (χ4v) is 2.19. The number of hydrogen-bond acceptors (Lipinski definition) is 6. The molecule has 134 valence electrons. The van der Waals surface area contributed by atoms with Crippen LogP contribution in [0.2, 0.25) is 0 Å². The predicted molar refractivity (Wildman–Crippen MR) is 88.5 cm³/mol. The van der Waals surface area contributed by atoms with Crippen LogP contribution < -0.4 is 5.32 Å². The highest BCUT2D eigenvalue weighted by molar-refractivity contribution is 5.85. The van der Waals surface area contributed by atoms with Crippen LogP contribution >= 0.6 is 0 Å². The van der Waals surface area contributed by atoms with Gasteiger partial charge in [-0.1, -0.05) is 39.5 Å². The highest BCUT2D eigenvalue weighted by Gasteiger charge is 2.24. The first-order valence-electron chi connectivity index (χ1n) is 8.32. The summed E-state index contributed by atoms with van der Waals surface area (Å²) in [4.78, 5) is 52.4. The molecule has 0 spiro atoms. The minimum absolute atomic E-state index is 0.320. The highest BCUT2D eigenvalue weighted by Crippen LogP contribution is 2.11. The number of isocyanates is 2. The van der Waals surface area contributed by atoms with Crippen LogP contribution in [-0.4, -0.2) is 41.8 Å². The lowest BCUT2D eigenvalue weighted by Crippen LogP contribution is -2.47. The topological polar surface area (TPSA) is 108 Å². The van der Waals surface area contributed by atoms with Gasteiger partial charge in [-0.3, -0.25) is 4.79 Å². The average Bonchev–Trinajstić information content (AvgIpc) is 2.56. The molecule has 1 N–H and O–H groups in total. The van der Waals surface area contributed by atoms with Crippen molar-refractivity contribution >= 4 is 24.6 Å². The van der Waals surface area contributed by atoms with Gasteiger partial charge in [0.1, 0.15) is 12.3 Å². The molecule has 0 saturated carbocycles. The van der Waals surface area contributed by atoms with Gasteiger partial charge < -0.3 is 5.32 Å². The third-order valence-corrected chi connectivity index (χ3v) is 3.52. The van der Waals surface area contributed by atoms with Gasteiger partial charge in [-0.05, 0) is 25.7 Å². The lowest BCUT2D eigenvalue weighted by Gasteiger charge is -2.24. The Bertz CT molecular complexity index is 471. The van der Waals surface area contributed by atoms with Gasteiger partial charge in [-0.2, -0.15) is 9.98 Å². The van der Waals surface area contributed by atoms with E-state index in [0.29, 0.717) is 19.3 Å². The van der Waals surface area contributed by atoms with Gasteiger partial charge in [0.05, 0.1) is 0 Å². The Labute approximate surface area is 142 Å². The molecule has 0 aromatic carbocycles. The van der Waals surface area contributed by atoms with Gasteiger partial charge in [-0.25, -0.2) is 19.3 Å². The van der Waals surface area contributed by atoms with E-state index in [1.54, 1.807) is 0 Å². The van der Waals surface area contributed by atoms with Crippen molar-refractivity contribution in [2.45, 2.75) is 77.5 Å². The number of unbranched alkanes of at least 4 members (excludes halogenated alkanes) is 4. The van der Waals surface area contributed by atoms with E-state index < -0.39 is 18.4 Å². The quantitative estimate of drug-likeness (QED) is 0.241.